The molecule has 1 atom stereocenters. The normalized spacial score (nSPS) is 17.8. The second-order valence-electron chi connectivity index (χ2n) is 10.1. The molecule has 0 saturated heterocycles. The first kappa shape index (κ1) is 19.4. The fourth-order valence-electron chi connectivity index (χ4n) is 3.95. The Balaban J connectivity index is 2.25. The third-order valence-corrected chi connectivity index (χ3v) is 7.61. The Morgan fingerprint density at radius 1 is 0.769 bits per heavy atom. The maximum atomic E-state index is 2.43. The summed E-state index contributed by atoms with van der Waals surface area (Å²) in [5.74, 6) is 0.558. The van der Waals surface area contributed by atoms with Crippen molar-refractivity contribution in [3.8, 4) is 10.4 Å². The lowest BCUT2D eigenvalue weighted by Gasteiger charge is -2.26. The summed E-state index contributed by atoms with van der Waals surface area (Å²) in [6.07, 6.45) is 0. The summed E-state index contributed by atoms with van der Waals surface area (Å²) in [5.41, 5.74) is 10.7. The largest absolute Gasteiger partial charge is 0.135 e. The molecule has 0 nitrogen and oxygen atoms in total. The first-order chi connectivity index (χ1) is 11.8. The highest BCUT2D eigenvalue weighted by atomic mass is 32.1. The van der Waals surface area contributed by atoms with E-state index < -0.39 is 0 Å². The van der Waals surface area contributed by atoms with Gasteiger partial charge in [0.05, 0.1) is 0 Å². The van der Waals surface area contributed by atoms with Crippen molar-refractivity contribution in [1.29, 1.82) is 0 Å². The molecule has 0 amide bonds. The second kappa shape index (κ2) is 6.09. The highest BCUT2D eigenvalue weighted by Crippen LogP contribution is 2.51. The van der Waals surface area contributed by atoms with Crippen LogP contribution in [0.5, 0.6) is 0 Å². The zero-order valence-corrected chi connectivity index (χ0v) is 19.0. The lowest BCUT2D eigenvalue weighted by molar-refractivity contribution is 0.569. The van der Waals surface area contributed by atoms with Crippen molar-refractivity contribution in [3.05, 3.63) is 50.9 Å². The van der Waals surface area contributed by atoms with Gasteiger partial charge in [-0.3, -0.25) is 0 Å². The molecule has 1 heteroatoms. The Bertz CT molecular complexity index is 859. The van der Waals surface area contributed by atoms with Crippen molar-refractivity contribution in [3.63, 3.8) is 0 Å². The van der Waals surface area contributed by atoms with Crippen LogP contribution in [0.1, 0.15) is 95.4 Å². The van der Waals surface area contributed by atoms with E-state index in [2.05, 4.69) is 87.4 Å². The van der Waals surface area contributed by atoms with Crippen LogP contribution in [0.15, 0.2) is 23.8 Å². The Morgan fingerprint density at radius 2 is 1.27 bits per heavy atom. The van der Waals surface area contributed by atoms with Crippen LogP contribution in [0.25, 0.3) is 16.0 Å². The van der Waals surface area contributed by atoms with Gasteiger partial charge < -0.3 is 0 Å². The smallest absolute Gasteiger partial charge is 0.0381 e. The van der Waals surface area contributed by atoms with Crippen molar-refractivity contribution in [2.24, 2.45) is 0 Å². The van der Waals surface area contributed by atoms with Crippen LogP contribution in [-0.2, 0) is 10.8 Å². The van der Waals surface area contributed by atoms with E-state index in [0.717, 1.165) is 0 Å². The monoisotopic (exact) mass is 366 g/mol. The van der Waals surface area contributed by atoms with Gasteiger partial charge in [0, 0.05) is 15.7 Å². The van der Waals surface area contributed by atoms with E-state index in [9.17, 15) is 0 Å². The van der Waals surface area contributed by atoms with Crippen molar-refractivity contribution < 1.29 is 0 Å². The zero-order chi connectivity index (χ0) is 19.6. The number of allylic oxidation sites excluding steroid dienone is 2. The summed E-state index contributed by atoms with van der Waals surface area (Å²) in [7, 11) is 0. The molecule has 1 aliphatic carbocycles. The molecular weight excluding hydrogens is 332 g/mol. The van der Waals surface area contributed by atoms with Crippen molar-refractivity contribution in [2.45, 2.75) is 86.0 Å². The molecule has 0 bridgehead atoms. The average Bonchev–Trinajstić information content (AvgIpc) is 2.97. The Labute approximate surface area is 164 Å². The molecule has 1 unspecified atom stereocenters. The van der Waals surface area contributed by atoms with Crippen molar-refractivity contribution >= 4 is 16.9 Å². The van der Waals surface area contributed by atoms with Crippen molar-refractivity contribution in [1.82, 2.24) is 0 Å². The van der Waals surface area contributed by atoms with E-state index in [1.165, 1.54) is 37.6 Å². The molecule has 0 aliphatic heterocycles. The highest BCUT2D eigenvalue weighted by molar-refractivity contribution is 7.17. The quantitative estimate of drug-likeness (QED) is 0.477. The summed E-state index contributed by atoms with van der Waals surface area (Å²) < 4.78 is 0. The van der Waals surface area contributed by atoms with E-state index in [0.29, 0.717) is 5.92 Å². The third-order valence-electron chi connectivity index (χ3n) is 6.14. The molecule has 2 aromatic rings. The average molecular weight is 367 g/mol. The number of hydrogen-bond donors (Lipinski definition) is 0. The molecule has 1 aromatic heterocycles. The first-order valence-electron chi connectivity index (χ1n) is 9.79. The molecule has 26 heavy (non-hydrogen) atoms. The van der Waals surface area contributed by atoms with Gasteiger partial charge in [-0.05, 0) is 77.1 Å². The second-order valence-corrected chi connectivity index (χ2v) is 11.1. The number of fused-ring (bicyclic) bond motifs is 1. The maximum absolute atomic E-state index is 2.43. The number of hydrogen-bond acceptors (Lipinski definition) is 1. The summed E-state index contributed by atoms with van der Waals surface area (Å²) in [6, 6.07) is 7.28. The molecular formula is C25H34S. The van der Waals surface area contributed by atoms with Gasteiger partial charge >= 0.3 is 0 Å². The topological polar surface area (TPSA) is 0 Å². The molecule has 3 rings (SSSR count). The number of benzene rings is 1. The van der Waals surface area contributed by atoms with Gasteiger partial charge in [-0.25, -0.2) is 0 Å². The fraction of sp³-hybridized carbons (Fsp3) is 0.520. The minimum Gasteiger partial charge on any atom is -0.135 e. The van der Waals surface area contributed by atoms with Crippen LogP contribution >= 0.6 is 11.3 Å². The van der Waals surface area contributed by atoms with Crippen molar-refractivity contribution in [2.75, 3.05) is 0 Å². The van der Waals surface area contributed by atoms with Gasteiger partial charge in [0.25, 0.3) is 0 Å². The van der Waals surface area contributed by atoms with Crippen LogP contribution < -0.4 is 0 Å². The van der Waals surface area contributed by atoms with Crippen LogP contribution in [0, 0.1) is 6.92 Å². The lowest BCUT2D eigenvalue weighted by Crippen LogP contribution is -2.16. The number of rotatable bonds is 1. The Hall–Kier alpha value is -1.34. The van der Waals surface area contributed by atoms with E-state index in [-0.39, 0.29) is 10.8 Å². The summed E-state index contributed by atoms with van der Waals surface area (Å²) >= 11 is 2.00. The fourth-order valence-corrected chi connectivity index (χ4v) is 5.40. The standard InChI is InChI=1S/C25H34S/c1-14-15(2)21-17(4)22(26-23(21)16(14)3)18-11-19(24(5,6)7)13-20(12-18)25(8,9)10/h11-13,15H,1-10H3. The van der Waals surface area contributed by atoms with E-state index in [1.807, 2.05) is 11.3 Å². The molecule has 1 aromatic carbocycles. The third kappa shape index (κ3) is 3.09. The Kier molecular flexibility index (Phi) is 4.55. The zero-order valence-electron chi connectivity index (χ0n) is 18.2. The molecule has 0 fully saturated rings. The predicted octanol–water partition coefficient (Wildman–Crippen LogP) is 8.23. The van der Waals surface area contributed by atoms with E-state index in [4.69, 9.17) is 0 Å². The van der Waals surface area contributed by atoms with Gasteiger partial charge in [0.15, 0.2) is 0 Å². The summed E-state index contributed by atoms with van der Waals surface area (Å²) in [6.45, 7) is 23.2. The minimum absolute atomic E-state index is 0.156. The Morgan fingerprint density at radius 3 is 1.69 bits per heavy atom. The number of thiophene rings is 1. The van der Waals surface area contributed by atoms with Crippen LogP contribution in [-0.4, -0.2) is 0 Å². The maximum Gasteiger partial charge on any atom is 0.0381 e. The molecule has 1 heterocycles. The minimum atomic E-state index is 0.156. The van der Waals surface area contributed by atoms with Gasteiger partial charge in [-0.15, -0.1) is 11.3 Å². The SMILES string of the molecule is CC1=C(C)C(C)c2c1sc(-c1cc(C(C)(C)C)cc(C(C)(C)C)c1)c2C. The van der Waals surface area contributed by atoms with Crippen LogP contribution in [0.3, 0.4) is 0 Å². The first-order valence-corrected chi connectivity index (χ1v) is 10.6. The molecule has 0 saturated carbocycles. The lowest BCUT2D eigenvalue weighted by atomic mass is 9.79. The van der Waals surface area contributed by atoms with E-state index in [1.54, 1.807) is 11.1 Å². The van der Waals surface area contributed by atoms with Gasteiger partial charge in [0.2, 0.25) is 0 Å². The molecule has 0 spiro atoms. The molecule has 0 radical (unpaired) electrons. The molecule has 140 valence electrons. The summed E-state index contributed by atoms with van der Waals surface area (Å²) in [5, 5.41) is 0. The summed E-state index contributed by atoms with van der Waals surface area (Å²) in [4.78, 5) is 2.98. The van der Waals surface area contributed by atoms with Gasteiger partial charge in [-0.2, -0.15) is 0 Å². The molecule has 0 N–H and O–H groups in total. The predicted molar refractivity (Wildman–Crippen MR) is 119 cm³/mol. The molecule has 1 aliphatic rings. The van der Waals surface area contributed by atoms with E-state index >= 15 is 0 Å². The highest BCUT2D eigenvalue weighted by Gasteiger charge is 2.30. The van der Waals surface area contributed by atoms with Gasteiger partial charge in [0.1, 0.15) is 0 Å². The van der Waals surface area contributed by atoms with Crippen LogP contribution in [0.2, 0.25) is 0 Å². The van der Waals surface area contributed by atoms with Crippen LogP contribution in [0.4, 0.5) is 0 Å². The van der Waals surface area contributed by atoms with Gasteiger partial charge in [-0.1, -0.05) is 60.1 Å².